The van der Waals surface area contributed by atoms with Gasteiger partial charge in [-0.2, -0.15) is 0 Å². The van der Waals surface area contributed by atoms with Crippen LogP contribution in [-0.2, 0) is 32.0 Å². The largest absolute Gasteiger partial charge is 0.337 e. The highest BCUT2D eigenvalue weighted by atomic mass is 19.1. The van der Waals surface area contributed by atoms with Crippen molar-refractivity contribution in [3.8, 4) is 0 Å². The van der Waals surface area contributed by atoms with E-state index in [9.17, 15) is 23.6 Å². The molecule has 10 heteroatoms. The van der Waals surface area contributed by atoms with Crippen LogP contribution in [0.4, 0.5) is 4.39 Å². The van der Waals surface area contributed by atoms with Gasteiger partial charge in [0.15, 0.2) is 11.9 Å². The zero-order valence-corrected chi connectivity index (χ0v) is 26.5. The summed E-state index contributed by atoms with van der Waals surface area (Å²) in [5.74, 6) is -1.25. The van der Waals surface area contributed by atoms with Gasteiger partial charge in [-0.1, -0.05) is 81.4 Å². The fraction of sp³-hybridized carbons (Fsp3) is 0.429. The molecule has 2 fully saturated rings. The molecule has 4 atom stereocenters. The monoisotopic (exact) mass is 615 g/mol. The number of carbonyl (C=O) groups excluding carboxylic acids is 4. The van der Waals surface area contributed by atoms with Gasteiger partial charge in [-0.05, 0) is 48.4 Å². The smallest absolute Gasteiger partial charge is 0.245 e. The van der Waals surface area contributed by atoms with Crippen LogP contribution in [0.2, 0.25) is 0 Å². The maximum atomic E-state index is 14.6. The Hall–Kier alpha value is -4.15. The predicted octanol–water partition coefficient (Wildman–Crippen LogP) is 3.11. The lowest BCUT2D eigenvalue weighted by Gasteiger charge is -2.52. The summed E-state index contributed by atoms with van der Waals surface area (Å²) >= 11 is 0. The molecular formula is C35H42FN5O4. The second kappa shape index (κ2) is 12.7. The van der Waals surface area contributed by atoms with Crippen molar-refractivity contribution in [2.75, 3.05) is 26.7 Å². The standard InChI is InChI=1S/C35H42FN5O4/c1-23(37-5)32(44)38-35(22-42,34(2,3)4)40-21-31(43)41-29(19-24-14-15-25-10-6-7-12-27(25)18-24)33(45)39(20-30(40)41)17-16-26-11-8-9-13-28(26)36/h6-15,18,22-23,29-30,37H,16-17,19-21H2,1-5H3,(H,38,44)/t23?,29-,30+,35?/m0/s1. The highest BCUT2D eigenvalue weighted by Crippen LogP contribution is 2.39. The molecule has 2 aliphatic heterocycles. The first-order chi connectivity index (χ1) is 21.4. The van der Waals surface area contributed by atoms with Crippen LogP contribution < -0.4 is 10.6 Å². The molecule has 2 N–H and O–H groups in total. The van der Waals surface area contributed by atoms with Crippen LogP contribution >= 0.6 is 0 Å². The topological polar surface area (TPSA) is 102 Å². The van der Waals surface area contributed by atoms with Crippen LogP contribution in [0.3, 0.4) is 0 Å². The van der Waals surface area contributed by atoms with E-state index in [2.05, 4.69) is 10.6 Å². The molecule has 2 aliphatic rings. The zero-order chi connectivity index (χ0) is 32.5. The third-order valence-electron chi connectivity index (χ3n) is 9.35. The van der Waals surface area contributed by atoms with E-state index in [0.717, 1.165) is 16.3 Å². The molecule has 2 unspecified atom stereocenters. The number of amides is 3. The lowest BCUT2D eigenvalue weighted by atomic mass is 9.79. The molecule has 3 amide bonds. The quantitative estimate of drug-likeness (QED) is 0.340. The Morgan fingerprint density at radius 1 is 1.04 bits per heavy atom. The molecule has 9 nitrogen and oxygen atoms in total. The molecule has 2 heterocycles. The lowest BCUT2D eigenvalue weighted by Crippen LogP contribution is -2.74. The zero-order valence-electron chi connectivity index (χ0n) is 26.5. The number of rotatable bonds is 10. The van der Waals surface area contributed by atoms with Gasteiger partial charge < -0.3 is 20.4 Å². The number of nitrogens with zero attached hydrogens (tertiary/aromatic N) is 3. The maximum Gasteiger partial charge on any atom is 0.245 e. The SMILES string of the molecule is CNC(C)C(=O)NC(C=O)(N1CC(=O)N2[C@@H](Cc3ccc4ccccc4c3)C(=O)N(CCc3ccccc3F)C[C@@H]21)C(C)(C)C. The average molecular weight is 616 g/mol. The van der Waals surface area contributed by atoms with Gasteiger partial charge in [0.1, 0.15) is 18.0 Å². The first-order valence-electron chi connectivity index (χ1n) is 15.4. The van der Waals surface area contributed by atoms with Crippen molar-refractivity contribution >= 4 is 34.8 Å². The van der Waals surface area contributed by atoms with E-state index in [-0.39, 0.29) is 56.0 Å². The van der Waals surface area contributed by atoms with E-state index in [1.54, 1.807) is 46.9 Å². The number of nitrogens with one attached hydrogen (secondary N) is 2. The van der Waals surface area contributed by atoms with Crippen LogP contribution in [0.5, 0.6) is 0 Å². The molecule has 3 aromatic rings. The van der Waals surface area contributed by atoms with Crippen LogP contribution in [-0.4, -0.2) is 89.3 Å². The van der Waals surface area contributed by atoms with Crippen molar-refractivity contribution in [3.05, 3.63) is 83.7 Å². The van der Waals surface area contributed by atoms with Crippen molar-refractivity contribution in [2.45, 2.75) is 64.4 Å². The molecule has 3 aromatic carbocycles. The van der Waals surface area contributed by atoms with E-state index < -0.39 is 29.3 Å². The van der Waals surface area contributed by atoms with Gasteiger partial charge in [0, 0.05) is 18.4 Å². The summed E-state index contributed by atoms with van der Waals surface area (Å²) in [5.41, 5.74) is -1.01. The number of aldehydes is 1. The first kappa shape index (κ1) is 32.2. The van der Waals surface area contributed by atoms with Crippen LogP contribution in [0.15, 0.2) is 66.7 Å². The minimum atomic E-state index is -1.56. The molecule has 0 saturated carbocycles. The normalized spacial score (nSPS) is 21.0. The Morgan fingerprint density at radius 2 is 1.73 bits per heavy atom. The molecule has 0 aliphatic carbocycles. The summed E-state index contributed by atoms with van der Waals surface area (Å²) in [7, 11) is 1.66. The van der Waals surface area contributed by atoms with Gasteiger partial charge in [-0.3, -0.25) is 19.2 Å². The summed E-state index contributed by atoms with van der Waals surface area (Å²) in [6.07, 6.45) is 0.567. The summed E-state index contributed by atoms with van der Waals surface area (Å²) in [4.78, 5) is 59.5. The Balaban J connectivity index is 1.54. The van der Waals surface area contributed by atoms with E-state index in [1.165, 1.54) is 6.07 Å². The molecule has 5 rings (SSSR count). The van der Waals surface area contributed by atoms with E-state index in [4.69, 9.17) is 0 Å². The molecular weight excluding hydrogens is 573 g/mol. The van der Waals surface area contributed by atoms with Gasteiger partial charge in [-0.25, -0.2) is 9.29 Å². The molecule has 0 spiro atoms. The fourth-order valence-corrected chi connectivity index (χ4v) is 6.52. The Labute approximate surface area is 263 Å². The van der Waals surface area contributed by atoms with Gasteiger partial charge in [0.05, 0.1) is 19.1 Å². The number of hydrogen-bond donors (Lipinski definition) is 2. The van der Waals surface area contributed by atoms with Gasteiger partial charge >= 0.3 is 0 Å². The van der Waals surface area contributed by atoms with Gasteiger partial charge in [0.25, 0.3) is 0 Å². The number of carbonyl (C=O) groups is 4. The fourth-order valence-electron chi connectivity index (χ4n) is 6.52. The highest BCUT2D eigenvalue weighted by Gasteiger charge is 2.59. The average Bonchev–Trinajstić information content (AvgIpc) is 3.35. The van der Waals surface area contributed by atoms with E-state index >= 15 is 0 Å². The summed E-state index contributed by atoms with van der Waals surface area (Å²) < 4.78 is 14.6. The molecule has 0 radical (unpaired) electrons. The lowest BCUT2D eigenvalue weighted by molar-refractivity contribution is -0.160. The number of hydrogen-bond acceptors (Lipinski definition) is 6. The van der Waals surface area contributed by atoms with Crippen LogP contribution in [0.25, 0.3) is 10.8 Å². The Morgan fingerprint density at radius 3 is 2.40 bits per heavy atom. The molecule has 0 aromatic heterocycles. The minimum Gasteiger partial charge on any atom is -0.337 e. The maximum absolute atomic E-state index is 14.6. The number of benzene rings is 3. The first-order valence-corrected chi connectivity index (χ1v) is 15.4. The van der Waals surface area contributed by atoms with E-state index in [0.29, 0.717) is 11.8 Å². The second-order valence-electron chi connectivity index (χ2n) is 13.1. The van der Waals surface area contributed by atoms with Crippen molar-refractivity contribution in [3.63, 3.8) is 0 Å². The van der Waals surface area contributed by atoms with Gasteiger partial charge in [-0.15, -0.1) is 0 Å². The third kappa shape index (κ3) is 6.09. The Bertz CT molecular complexity index is 1610. The number of likely N-dealkylation sites (N-methyl/N-ethyl adjacent to an activating group) is 1. The highest BCUT2D eigenvalue weighted by molar-refractivity contribution is 5.93. The molecule has 0 bridgehead atoms. The summed E-state index contributed by atoms with van der Waals surface area (Å²) in [5, 5.41) is 7.96. The van der Waals surface area contributed by atoms with Crippen molar-refractivity contribution < 1.29 is 23.6 Å². The van der Waals surface area contributed by atoms with Crippen LogP contribution in [0.1, 0.15) is 38.8 Å². The molecule has 45 heavy (non-hydrogen) atoms. The van der Waals surface area contributed by atoms with Crippen LogP contribution in [0, 0.1) is 11.2 Å². The second-order valence-corrected chi connectivity index (χ2v) is 13.1. The van der Waals surface area contributed by atoms with Crippen molar-refractivity contribution in [1.29, 1.82) is 0 Å². The number of piperazine rings is 1. The predicted molar refractivity (Wildman–Crippen MR) is 170 cm³/mol. The Kier molecular flexibility index (Phi) is 9.09. The van der Waals surface area contributed by atoms with Crippen molar-refractivity contribution in [2.24, 2.45) is 5.41 Å². The summed E-state index contributed by atoms with van der Waals surface area (Å²) in [6, 6.07) is 19.0. The van der Waals surface area contributed by atoms with Crippen molar-refractivity contribution in [1.82, 2.24) is 25.3 Å². The van der Waals surface area contributed by atoms with Gasteiger partial charge in [0.2, 0.25) is 17.7 Å². The summed E-state index contributed by atoms with van der Waals surface area (Å²) in [6.45, 7) is 7.40. The van der Waals surface area contributed by atoms with E-state index in [1.807, 2.05) is 63.2 Å². The minimum absolute atomic E-state index is 0.108. The number of fused-ring (bicyclic) bond motifs is 2. The molecule has 2 saturated heterocycles. The number of halogens is 1. The third-order valence-corrected chi connectivity index (χ3v) is 9.35. The molecule has 238 valence electrons.